The molecular weight excluding hydrogens is 372 g/mol. The number of aliphatic hydroxyl groups excluding tert-OH is 1. The predicted octanol–water partition coefficient (Wildman–Crippen LogP) is 2.91. The Morgan fingerprint density at radius 3 is 2.39 bits per heavy atom. The number of hydrogen-bond donors (Lipinski definition) is 3. The van der Waals surface area contributed by atoms with Gasteiger partial charge in [-0.15, -0.1) is 0 Å². The van der Waals surface area contributed by atoms with E-state index in [2.05, 4.69) is 17.4 Å². The van der Waals surface area contributed by atoms with Crippen LogP contribution in [0.2, 0.25) is 5.02 Å². The van der Waals surface area contributed by atoms with Gasteiger partial charge in [-0.3, -0.25) is 4.79 Å². The number of amides is 1. The van der Waals surface area contributed by atoms with Gasteiger partial charge in [-0.2, -0.15) is 0 Å². The van der Waals surface area contributed by atoms with Crippen LogP contribution in [-0.2, 0) is 11.3 Å². The highest BCUT2D eigenvalue weighted by Crippen LogP contribution is 2.20. The first kappa shape index (κ1) is 20.8. The van der Waals surface area contributed by atoms with Crippen LogP contribution in [0.25, 0.3) is 0 Å². The molecule has 0 aromatic heterocycles. The molecule has 3 N–H and O–H groups in total. The maximum absolute atomic E-state index is 13.4. The van der Waals surface area contributed by atoms with Crippen molar-refractivity contribution in [3.05, 3.63) is 70.7 Å². The molecule has 1 amide bonds. The van der Waals surface area contributed by atoms with Gasteiger partial charge in [-0.1, -0.05) is 73.3 Å². The highest BCUT2D eigenvalue weighted by molar-refractivity contribution is 6.30. The number of nitrogens with one attached hydrogen (secondary N) is 2. The largest absolute Gasteiger partial charge is 0.391 e. The van der Waals surface area contributed by atoms with E-state index in [9.17, 15) is 9.90 Å². The van der Waals surface area contributed by atoms with E-state index in [0.29, 0.717) is 18.1 Å². The Balaban J connectivity index is 1.85. The number of halogens is 1. The summed E-state index contributed by atoms with van der Waals surface area (Å²) in [6.07, 6.45) is 5.70. The minimum absolute atomic E-state index is 0.0307. The van der Waals surface area contributed by atoms with Crippen LogP contribution in [0.3, 0.4) is 0 Å². The molecule has 0 heterocycles. The fourth-order valence-corrected chi connectivity index (χ4v) is 4.22. The summed E-state index contributed by atoms with van der Waals surface area (Å²) in [5, 5.41) is 13.6. The van der Waals surface area contributed by atoms with Gasteiger partial charge in [0.05, 0.1) is 6.61 Å². The van der Waals surface area contributed by atoms with Crippen LogP contribution in [0.5, 0.6) is 0 Å². The van der Waals surface area contributed by atoms with Crippen LogP contribution in [0.1, 0.15) is 49.3 Å². The average Bonchev–Trinajstić information content (AvgIpc) is 2.71. The highest BCUT2D eigenvalue weighted by Gasteiger charge is 2.33. The monoisotopic (exact) mass is 401 g/mol. The van der Waals surface area contributed by atoms with Crippen molar-refractivity contribution in [3.8, 4) is 0 Å². The average molecular weight is 402 g/mol. The maximum Gasteiger partial charge on any atom is 0.283 e. The number of aliphatic hydroxyl groups is 1. The summed E-state index contributed by atoms with van der Waals surface area (Å²) in [5.41, 5.74) is 2.08. The van der Waals surface area contributed by atoms with E-state index >= 15 is 0 Å². The molecule has 0 saturated heterocycles. The second kappa shape index (κ2) is 10.6. The molecule has 28 heavy (non-hydrogen) atoms. The number of hydrogen-bond acceptors (Lipinski definition) is 2. The van der Waals surface area contributed by atoms with E-state index in [0.717, 1.165) is 28.9 Å². The molecule has 1 fully saturated rings. The molecule has 2 unspecified atom stereocenters. The molecule has 0 radical (unpaired) electrons. The Kier molecular flexibility index (Phi) is 7.90. The lowest BCUT2D eigenvalue weighted by atomic mass is 9.94. The number of benzene rings is 2. The Morgan fingerprint density at radius 1 is 1.07 bits per heavy atom. The molecule has 3 rings (SSSR count). The zero-order valence-corrected chi connectivity index (χ0v) is 17.0. The van der Waals surface area contributed by atoms with Crippen molar-refractivity contribution < 1.29 is 14.8 Å². The molecule has 1 saturated carbocycles. The van der Waals surface area contributed by atoms with E-state index in [1.54, 1.807) is 0 Å². The molecule has 0 aliphatic heterocycles. The Hall–Kier alpha value is -1.88. The summed E-state index contributed by atoms with van der Waals surface area (Å²) < 4.78 is 0. The third-order valence-corrected chi connectivity index (χ3v) is 5.78. The van der Waals surface area contributed by atoms with E-state index < -0.39 is 0 Å². The molecule has 1 aliphatic rings. The first-order valence-electron chi connectivity index (χ1n) is 10.2. The summed E-state index contributed by atoms with van der Waals surface area (Å²) >= 11 is 6.07. The second-order valence-electron chi connectivity index (χ2n) is 7.62. The minimum atomic E-state index is -0.383. The van der Waals surface area contributed by atoms with Crippen molar-refractivity contribution in [2.75, 3.05) is 13.2 Å². The fraction of sp³-hybridized carbons (Fsp3) is 0.435. The van der Waals surface area contributed by atoms with E-state index in [1.165, 1.54) is 19.3 Å². The first-order chi connectivity index (χ1) is 13.7. The van der Waals surface area contributed by atoms with Gasteiger partial charge in [0, 0.05) is 22.2 Å². The van der Waals surface area contributed by atoms with Gasteiger partial charge in [0.15, 0.2) is 6.04 Å². The molecule has 4 nitrogen and oxygen atoms in total. The molecule has 2 aromatic carbocycles. The summed E-state index contributed by atoms with van der Waals surface area (Å²) in [6.45, 7) is 1.20. The van der Waals surface area contributed by atoms with Crippen molar-refractivity contribution in [3.63, 3.8) is 0 Å². The van der Waals surface area contributed by atoms with E-state index in [-0.39, 0.29) is 24.6 Å². The zero-order valence-electron chi connectivity index (χ0n) is 16.2. The van der Waals surface area contributed by atoms with Gasteiger partial charge in [0.25, 0.3) is 5.91 Å². The van der Waals surface area contributed by atoms with Gasteiger partial charge < -0.3 is 15.3 Å². The normalized spacial score (nSPS) is 17.1. The molecule has 150 valence electrons. The van der Waals surface area contributed by atoms with Gasteiger partial charge in [-0.25, -0.2) is 0 Å². The first-order valence-corrected chi connectivity index (χ1v) is 10.6. The molecular formula is C23H30ClN2O2+. The summed E-state index contributed by atoms with van der Waals surface area (Å²) in [6, 6.07) is 17.5. The van der Waals surface area contributed by atoms with Crippen LogP contribution in [0, 0.1) is 0 Å². The second-order valence-corrected chi connectivity index (χ2v) is 8.06. The summed E-state index contributed by atoms with van der Waals surface area (Å²) in [4.78, 5) is 14.4. The Bertz CT molecular complexity index is 730. The van der Waals surface area contributed by atoms with E-state index in [4.69, 9.17) is 11.6 Å². The Morgan fingerprint density at radius 2 is 1.75 bits per heavy atom. The molecule has 1 aliphatic carbocycles. The van der Waals surface area contributed by atoms with Gasteiger partial charge >= 0.3 is 0 Å². The van der Waals surface area contributed by atoms with Crippen LogP contribution >= 0.6 is 11.6 Å². The predicted molar refractivity (Wildman–Crippen MR) is 112 cm³/mol. The maximum atomic E-state index is 13.4. The molecule has 0 bridgehead atoms. The SMILES string of the molecule is O=C(NC1CCCCC1)C(c1ccc(Cl)cc1)[NH+](CCO)Cc1ccccc1. The number of carbonyl (C=O) groups is 1. The topological polar surface area (TPSA) is 53.8 Å². The lowest BCUT2D eigenvalue weighted by Gasteiger charge is -2.30. The third kappa shape index (κ3) is 5.81. The van der Waals surface area contributed by atoms with Crippen molar-refractivity contribution in [1.29, 1.82) is 0 Å². The van der Waals surface area contributed by atoms with Gasteiger partial charge in [0.1, 0.15) is 13.1 Å². The van der Waals surface area contributed by atoms with Crippen LogP contribution in [0.15, 0.2) is 54.6 Å². The van der Waals surface area contributed by atoms with Crippen LogP contribution < -0.4 is 10.2 Å². The Labute approximate surface area is 172 Å². The number of carbonyl (C=O) groups excluding carboxylic acids is 1. The van der Waals surface area contributed by atoms with Crippen molar-refractivity contribution in [1.82, 2.24) is 5.32 Å². The molecule has 2 atom stereocenters. The highest BCUT2D eigenvalue weighted by atomic mass is 35.5. The molecule has 5 heteroatoms. The van der Waals surface area contributed by atoms with Crippen molar-refractivity contribution in [2.24, 2.45) is 0 Å². The fourth-order valence-electron chi connectivity index (χ4n) is 4.10. The summed E-state index contributed by atoms with van der Waals surface area (Å²) in [5.74, 6) is 0.0357. The molecule has 0 spiro atoms. The summed E-state index contributed by atoms with van der Waals surface area (Å²) in [7, 11) is 0. The number of rotatable bonds is 8. The smallest absolute Gasteiger partial charge is 0.283 e. The van der Waals surface area contributed by atoms with Gasteiger partial charge in [-0.05, 0) is 25.0 Å². The zero-order chi connectivity index (χ0) is 19.8. The lowest BCUT2D eigenvalue weighted by molar-refractivity contribution is -0.936. The minimum Gasteiger partial charge on any atom is -0.391 e. The van der Waals surface area contributed by atoms with E-state index in [1.807, 2.05) is 42.5 Å². The van der Waals surface area contributed by atoms with Gasteiger partial charge in [0.2, 0.25) is 0 Å². The standard InChI is InChI=1S/C23H29ClN2O2/c24-20-13-11-19(12-14-20)22(23(28)25-21-9-5-2-6-10-21)26(15-16-27)17-18-7-3-1-4-8-18/h1,3-4,7-8,11-14,21-22,27H,2,5-6,9-10,15-17H2,(H,25,28)/p+1. The lowest BCUT2D eigenvalue weighted by Crippen LogP contribution is -3.12. The van der Waals surface area contributed by atoms with Crippen LogP contribution in [0.4, 0.5) is 0 Å². The van der Waals surface area contributed by atoms with Crippen molar-refractivity contribution in [2.45, 2.75) is 50.7 Å². The number of quaternary nitrogens is 1. The van der Waals surface area contributed by atoms with Crippen LogP contribution in [-0.4, -0.2) is 30.2 Å². The quantitative estimate of drug-likeness (QED) is 0.637. The molecule has 2 aromatic rings. The third-order valence-electron chi connectivity index (χ3n) is 5.53. The van der Waals surface area contributed by atoms with Crippen molar-refractivity contribution >= 4 is 17.5 Å².